The summed E-state index contributed by atoms with van der Waals surface area (Å²) in [5, 5.41) is 0. The van der Waals surface area contributed by atoms with Crippen LogP contribution in [0.2, 0.25) is 0 Å². The first-order chi connectivity index (χ1) is 14.0. The highest BCUT2D eigenvalue weighted by molar-refractivity contribution is 7.89. The van der Waals surface area contributed by atoms with Crippen molar-refractivity contribution in [2.75, 3.05) is 19.6 Å². The maximum absolute atomic E-state index is 12.7. The van der Waals surface area contributed by atoms with Gasteiger partial charge in [-0.25, -0.2) is 21.6 Å². The minimum Gasteiger partial charge on any atom is -0.263 e. The molecule has 1 N–H and O–H groups in total. The molecule has 1 aliphatic heterocycles. The zero-order valence-corrected chi connectivity index (χ0v) is 19.2. The zero-order chi connectivity index (χ0) is 22.0. The van der Waals surface area contributed by atoms with Crippen LogP contribution in [0.25, 0.3) is 0 Å². The van der Waals surface area contributed by atoms with Gasteiger partial charge in [0.05, 0.1) is 4.90 Å². The van der Waals surface area contributed by atoms with Gasteiger partial charge in [0, 0.05) is 32.0 Å². The van der Waals surface area contributed by atoms with Gasteiger partial charge in [-0.3, -0.25) is 4.98 Å². The van der Waals surface area contributed by atoms with Crippen molar-refractivity contribution in [1.82, 2.24) is 14.0 Å². The Morgan fingerprint density at radius 2 is 1.63 bits per heavy atom. The Kier molecular flexibility index (Phi) is 6.66. The van der Waals surface area contributed by atoms with Gasteiger partial charge in [-0.15, -0.1) is 0 Å². The lowest BCUT2D eigenvalue weighted by molar-refractivity contribution is 0.274. The summed E-state index contributed by atoms with van der Waals surface area (Å²) in [5.74, 6) is 0.0916. The molecule has 0 unspecified atom stereocenters. The van der Waals surface area contributed by atoms with Crippen LogP contribution in [-0.4, -0.2) is 45.8 Å². The average molecular weight is 452 g/mol. The zero-order valence-electron chi connectivity index (χ0n) is 17.6. The molecule has 0 amide bonds. The molecule has 164 valence electrons. The second-order valence-corrected chi connectivity index (χ2v) is 12.4. The van der Waals surface area contributed by atoms with Gasteiger partial charge >= 0.3 is 0 Å². The Balaban J connectivity index is 1.56. The molecule has 1 aromatic carbocycles. The predicted molar refractivity (Wildman–Crippen MR) is 116 cm³/mol. The van der Waals surface area contributed by atoms with Gasteiger partial charge in [0.1, 0.15) is 4.90 Å². The van der Waals surface area contributed by atoms with Crippen LogP contribution in [-0.2, 0) is 25.5 Å². The van der Waals surface area contributed by atoms with Crippen molar-refractivity contribution in [2.24, 2.45) is 5.92 Å². The molecular weight excluding hydrogens is 422 g/mol. The van der Waals surface area contributed by atoms with E-state index in [1.165, 1.54) is 22.8 Å². The fraction of sp³-hybridized carbons (Fsp3) is 0.476. The molecule has 1 aliphatic rings. The third-order valence-corrected chi connectivity index (χ3v) is 8.76. The number of nitrogens with one attached hydrogen (secondary N) is 1. The molecule has 2 heterocycles. The molecule has 9 heteroatoms. The number of aromatic nitrogens is 1. The van der Waals surface area contributed by atoms with Gasteiger partial charge in [0.2, 0.25) is 20.0 Å². The predicted octanol–water partition coefficient (Wildman–Crippen LogP) is 2.76. The molecule has 0 spiro atoms. The molecular formula is C21H29N3O4S2. The molecule has 7 nitrogen and oxygen atoms in total. The minimum absolute atomic E-state index is 0.0418. The van der Waals surface area contributed by atoms with Crippen molar-refractivity contribution in [1.29, 1.82) is 0 Å². The summed E-state index contributed by atoms with van der Waals surface area (Å²) in [6, 6.07) is 10.1. The standard InChI is InChI=1S/C21H29N3O4S2/c1-21(2,3)18-6-8-19(9-7-18)29(25,26)23-15-17-10-13-24(14-11-17)30(27,28)20-5-4-12-22-16-20/h4-9,12,16-17,23H,10-11,13-15H2,1-3H3. The number of benzene rings is 1. The molecule has 2 aromatic rings. The maximum atomic E-state index is 12.7. The van der Waals surface area contributed by atoms with E-state index >= 15 is 0 Å². The summed E-state index contributed by atoms with van der Waals surface area (Å²) in [6.07, 6.45) is 4.09. The first-order valence-electron chi connectivity index (χ1n) is 10.0. The van der Waals surface area contributed by atoms with Crippen LogP contribution < -0.4 is 4.72 Å². The first-order valence-corrected chi connectivity index (χ1v) is 12.9. The lowest BCUT2D eigenvalue weighted by atomic mass is 9.87. The first kappa shape index (κ1) is 22.9. The molecule has 0 bridgehead atoms. The molecule has 0 saturated carbocycles. The Morgan fingerprint density at radius 3 is 2.17 bits per heavy atom. The molecule has 0 radical (unpaired) electrons. The summed E-state index contributed by atoms with van der Waals surface area (Å²) < 4.78 is 54.7. The van der Waals surface area contributed by atoms with Crippen LogP contribution in [0.1, 0.15) is 39.2 Å². The highest BCUT2D eigenvalue weighted by Crippen LogP contribution is 2.25. The molecule has 1 aromatic heterocycles. The van der Waals surface area contributed by atoms with E-state index in [1.54, 1.807) is 18.2 Å². The van der Waals surface area contributed by atoms with Gasteiger partial charge in [-0.1, -0.05) is 32.9 Å². The molecule has 1 fully saturated rings. The van der Waals surface area contributed by atoms with Crippen molar-refractivity contribution < 1.29 is 16.8 Å². The Hall–Kier alpha value is -1.81. The normalized spacial score (nSPS) is 17.2. The van der Waals surface area contributed by atoms with E-state index in [4.69, 9.17) is 0 Å². The second kappa shape index (κ2) is 8.74. The summed E-state index contributed by atoms with van der Waals surface area (Å²) in [6.45, 7) is 7.26. The van der Waals surface area contributed by atoms with Crippen LogP contribution >= 0.6 is 0 Å². The summed E-state index contributed by atoms with van der Waals surface area (Å²) in [5.41, 5.74) is 1.03. The Labute approximate surface area is 179 Å². The van der Waals surface area contributed by atoms with Gasteiger partial charge < -0.3 is 0 Å². The quantitative estimate of drug-likeness (QED) is 0.728. The SMILES string of the molecule is CC(C)(C)c1ccc(S(=O)(=O)NCC2CCN(S(=O)(=O)c3cccnc3)CC2)cc1. The van der Waals surface area contributed by atoms with E-state index in [9.17, 15) is 16.8 Å². The highest BCUT2D eigenvalue weighted by Gasteiger charge is 2.30. The van der Waals surface area contributed by atoms with E-state index in [2.05, 4.69) is 30.5 Å². The van der Waals surface area contributed by atoms with Gasteiger partial charge in [-0.05, 0) is 54.0 Å². The Bertz CT molecular complexity index is 1050. The van der Waals surface area contributed by atoms with Crippen molar-refractivity contribution >= 4 is 20.0 Å². The van der Waals surface area contributed by atoms with E-state index in [0.717, 1.165) is 5.56 Å². The van der Waals surface area contributed by atoms with Crippen LogP contribution in [0.4, 0.5) is 0 Å². The van der Waals surface area contributed by atoms with Crippen LogP contribution in [0.15, 0.2) is 58.6 Å². The highest BCUT2D eigenvalue weighted by atomic mass is 32.2. The fourth-order valence-electron chi connectivity index (χ4n) is 3.45. The summed E-state index contributed by atoms with van der Waals surface area (Å²) >= 11 is 0. The smallest absolute Gasteiger partial charge is 0.244 e. The summed E-state index contributed by atoms with van der Waals surface area (Å²) in [7, 11) is -7.15. The molecule has 3 rings (SSSR count). The average Bonchev–Trinajstić information content (AvgIpc) is 2.73. The van der Waals surface area contributed by atoms with Crippen LogP contribution in [0.3, 0.4) is 0 Å². The molecule has 30 heavy (non-hydrogen) atoms. The third kappa shape index (κ3) is 5.26. The Morgan fingerprint density at radius 1 is 1.00 bits per heavy atom. The lowest BCUT2D eigenvalue weighted by Gasteiger charge is -2.31. The van der Waals surface area contributed by atoms with E-state index in [0.29, 0.717) is 32.5 Å². The molecule has 0 atom stereocenters. The number of hydrogen-bond acceptors (Lipinski definition) is 5. The number of sulfonamides is 2. The van der Waals surface area contributed by atoms with E-state index in [1.807, 2.05) is 12.1 Å². The number of piperidine rings is 1. The third-order valence-electron chi connectivity index (χ3n) is 5.44. The number of rotatable bonds is 6. The summed E-state index contributed by atoms with van der Waals surface area (Å²) in [4.78, 5) is 4.31. The monoisotopic (exact) mass is 451 g/mol. The molecule has 1 saturated heterocycles. The topological polar surface area (TPSA) is 96.4 Å². The number of hydrogen-bond donors (Lipinski definition) is 1. The molecule has 0 aliphatic carbocycles. The maximum Gasteiger partial charge on any atom is 0.244 e. The van der Waals surface area contributed by atoms with Crippen molar-refractivity contribution in [2.45, 2.75) is 48.8 Å². The van der Waals surface area contributed by atoms with E-state index in [-0.39, 0.29) is 21.1 Å². The van der Waals surface area contributed by atoms with Gasteiger partial charge in [-0.2, -0.15) is 4.31 Å². The second-order valence-electron chi connectivity index (χ2n) is 8.66. The number of nitrogens with zero attached hydrogens (tertiary/aromatic N) is 2. The number of pyridine rings is 1. The van der Waals surface area contributed by atoms with E-state index < -0.39 is 20.0 Å². The van der Waals surface area contributed by atoms with Crippen molar-refractivity contribution in [3.05, 3.63) is 54.4 Å². The van der Waals surface area contributed by atoms with Crippen LogP contribution in [0, 0.1) is 5.92 Å². The van der Waals surface area contributed by atoms with Gasteiger partial charge in [0.25, 0.3) is 0 Å². The van der Waals surface area contributed by atoms with Crippen LogP contribution in [0.5, 0.6) is 0 Å². The fourth-order valence-corrected chi connectivity index (χ4v) is 6.00. The lowest BCUT2D eigenvalue weighted by Crippen LogP contribution is -2.41. The van der Waals surface area contributed by atoms with Crippen molar-refractivity contribution in [3.8, 4) is 0 Å². The van der Waals surface area contributed by atoms with Crippen molar-refractivity contribution in [3.63, 3.8) is 0 Å². The largest absolute Gasteiger partial charge is 0.263 e. The minimum atomic E-state index is -3.60. The van der Waals surface area contributed by atoms with Gasteiger partial charge in [0.15, 0.2) is 0 Å².